The Balaban J connectivity index is 1.37. The molecule has 4 rings (SSSR count). The predicted octanol–water partition coefficient (Wildman–Crippen LogP) is 4.10. The van der Waals surface area contributed by atoms with Crippen LogP contribution in [0.4, 0.5) is 10.5 Å². The third kappa shape index (κ3) is 5.62. The lowest BCUT2D eigenvalue weighted by Gasteiger charge is -2.31. The van der Waals surface area contributed by atoms with Crippen LogP contribution in [-0.4, -0.2) is 47.2 Å². The Morgan fingerprint density at radius 3 is 2.35 bits per heavy atom. The first-order chi connectivity index (χ1) is 16.5. The van der Waals surface area contributed by atoms with Gasteiger partial charge in [-0.2, -0.15) is 0 Å². The molecule has 0 saturated carbocycles. The molecule has 0 atom stereocenters. The lowest BCUT2D eigenvalue weighted by atomic mass is 10.0. The van der Waals surface area contributed by atoms with Gasteiger partial charge in [0, 0.05) is 30.8 Å². The maximum Gasteiger partial charge on any atom is 0.445 e. The van der Waals surface area contributed by atoms with Crippen LogP contribution in [0.3, 0.4) is 0 Å². The van der Waals surface area contributed by atoms with Gasteiger partial charge in [0.05, 0.1) is 18.2 Å². The van der Waals surface area contributed by atoms with Crippen molar-refractivity contribution in [3.8, 4) is 11.1 Å². The Morgan fingerprint density at radius 1 is 0.971 bits per heavy atom. The molecule has 1 aliphatic rings. The molecule has 1 aliphatic heterocycles. The van der Waals surface area contributed by atoms with Gasteiger partial charge in [-0.15, -0.1) is 5.06 Å². The molecular weight excluding hydrogens is 440 g/mol. The number of esters is 1. The summed E-state index contributed by atoms with van der Waals surface area (Å²) in [6.07, 6.45) is 2.42. The van der Waals surface area contributed by atoms with Gasteiger partial charge in [0.25, 0.3) is 0 Å². The molecule has 1 fully saturated rings. The number of anilines is 1. The van der Waals surface area contributed by atoms with Gasteiger partial charge in [-0.05, 0) is 30.5 Å². The molecule has 1 N–H and O–H groups in total. The maximum absolute atomic E-state index is 12.4. The van der Waals surface area contributed by atoms with Gasteiger partial charge in [-0.1, -0.05) is 48.5 Å². The van der Waals surface area contributed by atoms with Crippen molar-refractivity contribution in [3.05, 3.63) is 78.8 Å². The van der Waals surface area contributed by atoms with Gasteiger partial charge in [0.15, 0.2) is 0 Å². The highest BCUT2D eigenvalue weighted by atomic mass is 16.7. The van der Waals surface area contributed by atoms with Crippen LogP contribution >= 0.6 is 0 Å². The highest BCUT2D eigenvalue weighted by Gasteiger charge is 2.31. The van der Waals surface area contributed by atoms with Gasteiger partial charge in [0.2, 0.25) is 0 Å². The van der Waals surface area contributed by atoms with Crippen LogP contribution in [0.25, 0.3) is 11.1 Å². The van der Waals surface area contributed by atoms with Gasteiger partial charge >= 0.3 is 18.0 Å². The van der Waals surface area contributed by atoms with Crippen molar-refractivity contribution in [2.75, 3.05) is 18.2 Å². The van der Waals surface area contributed by atoms with E-state index in [0.717, 1.165) is 17.7 Å². The number of carboxylic acid groups (broad SMARTS) is 1. The SMILES string of the molecule is O=C(OC1CCN(Cc2ccoc2)CC1)C(=O)ON(C(=O)O)c1ccccc1-c1ccccc1. The number of piperidine rings is 1. The van der Waals surface area contributed by atoms with Crippen molar-refractivity contribution in [1.29, 1.82) is 0 Å². The third-order valence-electron chi connectivity index (χ3n) is 5.52. The Labute approximate surface area is 196 Å². The highest BCUT2D eigenvalue weighted by Crippen LogP contribution is 2.31. The van der Waals surface area contributed by atoms with Crippen molar-refractivity contribution in [2.45, 2.75) is 25.5 Å². The van der Waals surface area contributed by atoms with Crippen LogP contribution in [0, 0.1) is 0 Å². The first-order valence-corrected chi connectivity index (χ1v) is 10.8. The molecule has 2 aromatic carbocycles. The van der Waals surface area contributed by atoms with Crippen LogP contribution in [0.15, 0.2) is 77.6 Å². The van der Waals surface area contributed by atoms with E-state index >= 15 is 0 Å². The van der Waals surface area contributed by atoms with E-state index in [9.17, 15) is 19.5 Å². The van der Waals surface area contributed by atoms with Crippen molar-refractivity contribution in [3.63, 3.8) is 0 Å². The second-order valence-electron chi connectivity index (χ2n) is 7.85. The van der Waals surface area contributed by atoms with E-state index in [0.29, 0.717) is 36.6 Å². The standard InChI is InChI=1S/C25H24N2O7/c28-23(33-20-10-13-26(14-11-20)16-18-12-15-32-17-18)24(29)34-27(25(30)31)22-9-5-4-8-21(22)19-6-2-1-3-7-19/h1-9,12,15,17,20H,10-11,13-14,16H2,(H,30,31). The van der Waals surface area contributed by atoms with Crippen molar-refractivity contribution in [1.82, 2.24) is 4.90 Å². The fraction of sp³-hybridized carbons (Fsp3) is 0.240. The summed E-state index contributed by atoms with van der Waals surface area (Å²) >= 11 is 0. The second-order valence-corrected chi connectivity index (χ2v) is 7.85. The normalized spacial score (nSPS) is 14.4. The summed E-state index contributed by atoms with van der Waals surface area (Å²) in [5.74, 6) is -2.62. The number of amides is 1. The monoisotopic (exact) mass is 464 g/mol. The number of ether oxygens (including phenoxy) is 1. The zero-order valence-electron chi connectivity index (χ0n) is 18.3. The smallest absolute Gasteiger partial charge is 0.445 e. The van der Waals surface area contributed by atoms with E-state index in [-0.39, 0.29) is 5.69 Å². The second kappa shape index (κ2) is 10.7. The molecule has 9 nitrogen and oxygen atoms in total. The Hall–Kier alpha value is -4.11. The number of hydroxylamine groups is 1. The molecule has 0 aliphatic carbocycles. The molecule has 34 heavy (non-hydrogen) atoms. The number of carbonyl (C=O) groups excluding carboxylic acids is 2. The third-order valence-corrected chi connectivity index (χ3v) is 5.52. The number of rotatable bonds is 5. The summed E-state index contributed by atoms with van der Waals surface area (Å²) in [6.45, 7) is 2.10. The van der Waals surface area contributed by atoms with Gasteiger partial charge in [-0.25, -0.2) is 14.4 Å². The van der Waals surface area contributed by atoms with Crippen LogP contribution in [0.1, 0.15) is 18.4 Å². The highest BCUT2D eigenvalue weighted by molar-refractivity contribution is 6.30. The number of furan rings is 1. The van der Waals surface area contributed by atoms with E-state index in [1.54, 1.807) is 55.0 Å². The number of carbonyl (C=O) groups is 3. The van der Waals surface area contributed by atoms with E-state index in [1.165, 1.54) is 6.07 Å². The number of hydrogen-bond donors (Lipinski definition) is 1. The maximum atomic E-state index is 12.4. The minimum atomic E-state index is -1.54. The van der Waals surface area contributed by atoms with Crippen molar-refractivity contribution < 1.29 is 33.5 Å². The van der Waals surface area contributed by atoms with E-state index in [1.807, 2.05) is 12.1 Å². The Bertz CT molecular complexity index is 1120. The number of benzene rings is 2. The average molecular weight is 464 g/mol. The topological polar surface area (TPSA) is 110 Å². The van der Waals surface area contributed by atoms with Gasteiger partial charge < -0.3 is 19.1 Å². The largest absolute Gasteiger partial charge is 0.472 e. The summed E-state index contributed by atoms with van der Waals surface area (Å²) in [6, 6.07) is 17.5. The molecule has 3 aromatic rings. The number of nitrogens with zero attached hydrogens (tertiary/aromatic N) is 2. The van der Waals surface area contributed by atoms with E-state index in [4.69, 9.17) is 14.0 Å². The Kier molecular flexibility index (Phi) is 7.24. The van der Waals surface area contributed by atoms with Gasteiger partial charge in [-0.3, -0.25) is 4.90 Å². The number of hydrogen-bond acceptors (Lipinski definition) is 7. The zero-order valence-corrected chi connectivity index (χ0v) is 18.3. The molecule has 176 valence electrons. The first kappa shape index (κ1) is 23.1. The molecule has 0 radical (unpaired) electrons. The summed E-state index contributed by atoms with van der Waals surface area (Å²) < 4.78 is 10.4. The molecule has 0 bridgehead atoms. The van der Waals surface area contributed by atoms with Crippen LogP contribution < -0.4 is 5.06 Å². The lowest BCUT2D eigenvalue weighted by molar-refractivity contribution is -0.172. The fourth-order valence-corrected chi connectivity index (χ4v) is 3.85. The molecular formula is C25H24N2O7. The van der Waals surface area contributed by atoms with Crippen LogP contribution in [0.5, 0.6) is 0 Å². The molecule has 1 aromatic heterocycles. The van der Waals surface area contributed by atoms with E-state index in [2.05, 4.69) is 4.90 Å². The molecule has 0 spiro atoms. The van der Waals surface area contributed by atoms with Crippen LogP contribution in [0.2, 0.25) is 0 Å². The average Bonchev–Trinajstić information content (AvgIpc) is 3.37. The summed E-state index contributed by atoms with van der Waals surface area (Å²) in [4.78, 5) is 43.8. The van der Waals surface area contributed by atoms with Crippen LogP contribution in [-0.2, 0) is 25.7 Å². The minimum Gasteiger partial charge on any atom is -0.472 e. The van der Waals surface area contributed by atoms with Gasteiger partial charge in [0.1, 0.15) is 6.10 Å². The van der Waals surface area contributed by atoms with Crippen molar-refractivity contribution >= 4 is 23.7 Å². The molecule has 0 unspecified atom stereocenters. The van der Waals surface area contributed by atoms with Crippen molar-refractivity contribution in [2.24, 2.45) is 0 Å². The minimum absolute atomic E-state index is 0.106. The fourth-order valence-electron chi connectivity index (χ4n) is 3.85. The zero-order chi connectivity index (χ0) is 23.9. The predicted molar refractivity (Wildman–Crippen MR) is 122 cm³/mol. The summed E-state index contributed by atoms with van der Waals surface area (Å²) in [5.41, 5.74) is 2.42. The Morgan fingerprint density at radius 2 is 1.68 bits per heavy atom. The molecule has 1 saturated heterocycles. The number of para-hydroxylation sites is 1. The molecule has 2 heterocycles. The molecule has 1 amide bonds. The van der Waals surface area contributed by atoms with E-state index < -0.39 is 24.1 Å². The summed E-state index contributed by atoms with van der Waals surface area (Å²) in [5, 5.41) is 10.1. The lowest BCUT2D eigenvalue weighted by Crippen LogP contribution is -2.40. The first-order valence-electron chi connectivity index (χ1n) is 10.8. The quantitative estimate of drug-likeness (QED) is 0.342. The number of likely N-dealkylation sites (tertiary alicyclic amines) is 1. The summed E-state index contributed by atoms with van der Waals surface area (Å²) in [7, 11) is 0. The molecule has 9 heteroatoms.